The summed E-state index contributed by atoms with van der Waals surface area (Å²) in [7, 11) is 0. The lowest BCUT2D eigenvalue weighted by Gasteiger charge is -2.35. The Kier molecular flexibility index (Phi) is 3.58. The van der Waals surface area contributed by atoms with Crippen molar-refractivity contribution >= 4 is 17.6 Å². The van der Waals surface area contributed by atoms with Crippen LogP contribution < -0.4 is 5.01 Å². The molecule has 0 unspecified atom stereocenters. The summed E-state index contributed by atoms with van der Waals surface area (Å²) in [6.07, 6.45) is -0.172. The Hall–Kier alpha value is -2.18. The van der Waals surface area contributed by atoms with Crippen LogP contribution in [0.1, 0.15) is 39.7 Å². The predicted molar refractivity (Wildman–Crippen MR) is 82.9 cm³/mol. The van der Waals surface area contributed by atoms with E-state index in [1.165, 1.54) is 16.1 Å². The van der Waals surface area contributed by atoms with E-state index < -0.39 is 28.6 Å². The Morgan fingerprint density at radius 3 is 2.58 bits per heavy atom. The molecule has 1 aromatic carbocycles. The van der Waals surface area contributed by atoms with Gasteiger partial charge in [-0.3, -0.25) is 14.6 Å². The normalized spacial score (nSPS) is 24.2. The number of carbonyl (C=O) groups excluding carboxylic acids is 2. The number of rotatable bonds is 3. The van der Waals surface area contributed by atoms with Crippen molar-refractivity contribution in [3.63, 3.8) is 0 Å². The van der Waals surface area contributed by atoms with Crippen LogP contribution in [0.5, 0.6) is 0 Å². The molecule has 2 aliphatic heterocycles. The van der Waals surface area contributed by atoms with E-state index in [9.17, 15) is 18.4 Å². The Morgan fingerprint density at radius 1 is 1.29 bits per heavy atom. The number of hydrogen-bond donors (Lipinski definition) is 0. The van der Waals surface area contributed by atoms with Crippen molar-refractivity contribution in [2.75, 3.05) is 18.2 Å². The molecule has 0 spiro atoms. The number of carbonyl (C=O) groups is 2. The number of fused-ring (bicyclic) bond motifs is 3. The fourth-order valence-corrected chi connectivity index (χ4v) is 3.59. The number of benzene rings is 1. The molecule has 2 heterocycles. The maximum atomic E-state index is 14.5. The monoisotopic (exact) mass is 338 g/mol. The molecule has 3 rings (SSSR count). The Balaban J connectivity index is 2.17. The van der Waals surface area contributed by atoms with E-state index >= 15 is 0 Å². The van der Waals surface area contributed by atoms with Crippen molar-refractivity contribution in [3.8, 4) is 0 Å². The molecule has 1 saturated heterocycles. The van der Waals surface area contributed by atoms with Crippen molar-refractivity contribution in [3.05, 3.63) is 29.3 Å². The highest BCUT2D eigenvalue weighted by Crippen LogP contribution is 2.53. The average Bonchev–Trinajstić information content (AvgIpc) is 2.81. The van der Waals surface area contributed by atoms with Crippen LogP contribution in [0.3, 0.4) is 0 Å². The van der Waals surface area contributed by atoms with E-state index in [0.29, 0.717) is 0 Å². The summed E-state index contributed by atoms with van der Waals surface area (Å²) in [4.78, 5) is 24.9. The van der Waals surface area contributed by atoms with Gasteiger partial charge in [-0.05, 0) is 33.8 Å². The van der Waals surface area contributed by atoms with Crippen molar-refractivity contribution in [2.24, 2.45) is 5.41 Å². The molecule has 0 bridgehead atoms. The van der Waals surface area contributed by atoms with Gasteiger partial charge in [0.05, 0.1) is 36.2 Å². The van der Waals surface area contributed by atoms with Crippen LogP contribution in [0, 0.1) is 17.0 Å². The van der Waals surface area contributed by atoms with E-state index in [1.54, 1.807) is 27.7 Å². The topological polar surface area (TPSA) is 49.9 Å². The van der Waals surface area contributed by atoms with Gasteiger partial charge < -0.3 is 4.74 Å². The molecule has 2 aliphatic rings. The van der Waals surface area contributed by atoms with Gasteiger partial charge in [0.25, 0.3) is 0 Å². The summed E-state index contributed by atoms with van der Waals surface area (Å²) in [5, 5.41) is 2.91. The molecular weight excluding hydrogens is 318 g/mol. The second-order valence-electron chi connectivity index (χ2n) is 7.10. The number of amides is 1. The molecule has 0 aromatic heterocycles. The lowest BCUT2D eigenvalue weighted by atomic mass is 9.85. The fraction of sp³-hybridized carbons (Fsp3) is 0.529. The zero-order chi connectivity index (χ0) is 17.9. The Morgan fingerprint density at radius 2 is 1.96 bits per heavy atom. The van der Waals surface area contributed by atoms with Crippen LogP contribution in [-0.4, -0.2) is 30.0 Å². The molecule has 5 nitrogen and oxygen atoms in total. The van der Waals surface area contributed by atoms with E-state index in [0.717, 1.165) is 6.07 Å². The zero-order valence-corrected chi connectivity index (χ0v) is 14.2. The summed E-state index contributed by atoms with van der Waals surface area (Å²) in [6.45, 7) is 7.31. The highest BCUT2D eigenvalue weighted by Gasteiger charge is 2.59. The molecule has 1 aromatic rings. The van der Waals surface area contributed by atoms with E-state index in [4.69, 9.17) is 4.74 Å². The van der Waals surface area contributed by atoms with E-state index in [2.05, 4.69) is 0 Å². The quantitative estimate of drug-likeness (QED) is 0.795. The van der Waals surface area contributed by atoms with Crippen LogP contribution in [0.15, 0.2) is 12.1 Å². The minimum atomic E-state index is -1.19. The highest BCUT2D eigenvalue weighted by atomic mass is 19.1. The number of halogens is 2. The van der Waals surface area contributed by atoms with Crippen molar-refractivity contribution in [2.45, 2.75) is 39.7 Å². The van der Waals surface area contributed by atoms with Crippen LogP contribution in [0.4, 0.5) is 14.5 Å². The summed E-state index contributed by atoms with van der Waals surface area (Å²) >= 11 is 0. The number of hydrazine groups is 1. The highest BCUT2D eigenvalue weighted by molar-refractivity contribution is 5.92. The largest absolute Gasteiger partial charge is 0.466 e. The molecule has 0 radical (unpaired) electrons. The first kappa shape index (κ1) is 16.7. The number of hydrogen-bond acceptors (Lipinski definition) is 4. The third-order valence-corrected chi connectivity index (χ3v) is 4.69. The van der Waals surface area contributed by atoms with Gasteiger partial charge in [-0.1, -0.05) is 0 Å². The summed E-state index contributed by atoms with van der Waals surface area (Å²) in [5.74, 6) is -2.23. The van der Waals surface area contributed by atoms with Gasteiger partial charge in [0, 0.05) is 11.6 Å². The first-order valence-electron chi connectivity index (χ1n) is 7.89. The van der Waals surface area contributed by atoms with Gasteiger partial charge in [0.1, 0.15) is 5.82 Å². The summed E-state index contributed by atoms with van der Waals surface area (Å²) in [6, 6.07) is 1.99. The van der Waals surface area contributed by atoms with Gasteiger partial charge in [-0.2, -0.15) is 0 Å². The molecule has 1 atom stereocenters. The lowest BCUT2D eigenvalue weighted by Crippen LogP contribution is -2.48. The second kappa shape index (κ2) is 5.16. The van der Waals surface area contributed by atoms with Crippen molar-refractivity contribution < 1.29 is 23.1 Å². The van der Waals surface area contributed by atoms with Gasteiger partial charge in [0.2, 0.25) is 5.91 Å². The van der Waals surface area contributed by atoms with Gasteiger partial charge in [0.15, 0.2) is 5.82 Å². The molecule has 24 heavy (non-hydrogen) atoms. The third kappa shape index (κ3) is 2.17. The molecular formula is C17H20F2N2O3. The molecule has 7 heteroatoms. The molecule has 1 fully saturated rings. The molecule has 0 aliphatic carbocycles. The molecule has 130 valence electrons. The fourth-order valence-electron chi connectivity index (χ4n) is 3.59. The smallest absolute Gasteiger partial charge is 0.308 e. The zero-order valence-electron chi connectivity index (χ0n) is 14.2. The van der Waals surface area contributed by atoms with E-state index in [-0.39, 0.29) is 36.7 Å². The van der Waals surface area contributed by atoms with Gasteiger partial charge >= 0.3 is 5.97 Å². The first-order valence-corrected chi connectivity index (χ1v) is 7.89. The van der Waals surface area contributed by atoms with Gasteiger partial charge in [-0.25, -0.2) is 13.8 Å². The average molecular weight is 338 g/mol. The lowest BCUT2D eigenvalue weighted by molar-refractivity contribution is -0.149. The molecule has 0 N–H and O–H groups in total. The Labute approximate surface area is 139 Å². The van der Waals surface area contributed by atoms with Crippen LogP contribution in [-0.2, 0) is 19.9 Å². The Bertz CT molecular complexity index is 735. The number of nitrogens with zero attached hydrogens (tertiary/aromatic N) is 2. The number of ether oxygens (including phenoxy) is 1. The maximum Gasteiger partial charge on any atom is 0.308 e. The minimum Gasteiger partial charge on any atom is -0.466 e. The van der Waals surface area contributed by atoms with Crippen molar-refractivity contribution in [1.82, 2.24) is 5.01 Å². The summed E-state index contributed by atoms with van der Waals surface area (Å²) < 4.78 is 33.3. The van der Waals surface area contributed by atoms with Gasteiger partial charge in [-0.15, -0.1) is 0 Å². The van der Waals surface area contributed by atoms with Crippen LogP contribution in [0.25, 0.3) is 0 Å². The van der Waals surface area contributed by atoms with Crippen LogP contribution in [0.2, 0.25) is 0 Å². The van der Waals surface area contributed by atoms with Crippen molar-refractivity contribution in [1.29, 1.82) is 0 Å². The molecule has 1 amide bonds. The predicted octanol–water partition coefficient (Wildman–Crippen LogP) is 2.74. The number of anilines is 1. The SMILES string of the molecule is CCOC(=O)C[C@@]1(C)c2cc(F)cc(F)c2N2CC(C)(C)C(=O)N21. The second-order valence-corrected chi connectivity index (χ2v) is 7.10. The number of esters is 1. The molecule has 0 saturated carbocycles. The van der Waals surface area contributed by atoms with Crippen LogP contribution >= 0.6 is 0 Å². The summed E-state index contributed by atoms with van der Waals surface area (Å²) in [5.41, 5.74) is -1.47. The first-order chi connectivity index (χ1) is 11.1. The standard InChI is InChI=1S/C17H20F2N2O3/c1-5-24-13(22)8-17(4)11-6-10(18)7-12(19)14(11)20-9-16(2,3)15(23)21(17)20/h6-7H,5,8-9H2,1-4H3/t17-/m0/s1. The third-order valence-electron chi connectivity index (χ3n) is 4.69. The van der Waals surface area contributed by atoms with E-state index in [1.807, 2.05) is 0 Å². The maximum absolute atomic E-state index is 14.5. The minimum absolute atomic E-state index is 0.155.